The van der Waals surface area contributed by atoms with Crippen molar-refractivity contribution in [1.29, 1.82) is 0 Å². The first-order valence-corrected chi connectivity index (χ1v) is 5.88. The highest BCUT2D eigenvalue weighted by atomic mass is 16.4. The van der Waals surface area contributed by atoms with Crippen LogP contribution in [-0.2, 0) is 0 Å². The van der Waals surface area contributed by atoms with E-state index in [-0.39, 0.29) is 17.4 Å². The number of nitrogens with two attached hydrogens (primary N) is 1. The summed E-state index contributed by atoms with van der Waals surface area (Å²) in [5.41, 5.74) is 5.29. The molecule has 1 aromatic rings. The number of amides is 1. The fourth-order valence-corrected chi connectivity index (χ4v) is 2.01. The molecule has 0 spiro atoms. The third-order valence-corrected chi connectivity index (χ3v) is 3.13. The molecule has 7 heteroatoms. The Morgan fingerprint density at radius 1 is 1.58 bits per heavy atom. The molecule has 19 heavy (non-hydrogen) atoms. The Labute approximate surface area is 110 Å². The topological polar surface area (TPSA) is 112 Å². The van der Waals surface area contributed by atoms with Crippen molar-refractivity contribution in [2.24, 2.45) is 10.9 Å². The normalized spacial score (nSPS) is 23.7. The van der Waals surface area contributed by atoms with E-state index in [0.29, 0.717) is 25.1 Å². The minimum Gasteiger partial charge on any atom is -0.409 e. The molecule has 7 nitrogen and oxygen atoms in total. The van der Waals surface area contributed by atoms with Crippen LogP contribution < -0.4 is 5.73 Å². The summed E-state index contributed by atoms with van der Waals surface area (Å²) in [6.45, 7) is 2.51. The summed E-state index contributed by atoms with van der Waals surface area (Å²) in [5, 5.41) is 21.2. The van der Waals surface area contributed by atoms with Crippen molar-refractivity contribution >= 4 is 11.7 Å². The lowest BCUT2D eigenvalue weighted by molar-refractivity contribution is 0.0569. The molecule has 1 amide bonds. The number of amidine groups is 1. The number of oxime groups is 1. The smallest absolute Gasteiger partial charge is 0.272 e. The van der Waals surface area contributed by atoms with Gasteiger partial charge in [-0.25, -0.2) is 0 Å². The average Bonchev–Trinajstić information content (AvgIpc) is 2.77. The lowest BCUT2D eigenvalue weighted by Crippen LogP contribution is -2.34. The summed E-state index contributed by atoms with van der Waals surface area (Å²) in [7, 11) is 0. The number of hydrogen-bond acceptors (Lipinski definition) is 5. The number of aromatic nitrogens is 1. The molecule has 1 saturated heterocycles. The van der Waals surface area contributed by atoms with Crippen molar-refractivity contribution in [2.45, 2.75) is 18.9 Å². The van der Waals surface area contributed by atoms with Gasteiger partial charge < -0.3 is 20.9 Å². The van der Waals surface area contributed by atoms with Gasteiger partial charge in [-0.2, -0.15) is 0 Å². The maximum Gasteiger partial charge on any atom is 0.272 e. The third-order valence-electron chi connectivity index (χ3n) is 3.13. The van der Waals surface area contributed by atoms with Crippen LogP contribution in [0.4, 0.5) is 0 Å². The van der Waals surface area contributed by atoms with Gasteiger partial charge in [0.2, 0.25) is 0 Å². The zero-order valence-electron chi connectivity index (χ0n) is 10.6. The van der Waals surface area contributed by atoms with E-state index < -0.39 is 5.60 Å². The van der Waals surface area contributed by atoms with Gasteiger partial charge in [-0.1, -0.05) is 5.16 Å². The molecular weight excluding hydrogens is 248 g/mol. The van der Waals surface area contributed by atoms with Crippen LogP contribution in [0.1, 0.15) is 29.4 Å². The first kappa shape index (κ1) is 13.3. The first-order valence-electron chi connectivity index (χ1n) is 5.88. The molecule has 1 aliphatic rings. The van der Waals surface area contributed by atoms with Crippen LogP contribution in [0.15, 0.2) is 23.5 Å². The molecule has 2 heterocycles. The molecule has 0 aromatic carbocycles. The number of carbonyl (C=O) groups is 1. The van der Waals surface area contributed by atoms with Crippen LogP contribution in [-0.4, -0.2) is 50.6 Å². The molecule has 1 fully saturated rings. The van der Waals surface area contributed by atoms with Crippen LogP contribution in [0.3, 0.4) is 0 Å². The highest BCUT2D eigenvalue weighted by Crippen LogP contribution is 2.21. The van der Waals surface area contributed by atoms with Gasteiger partial charge in [-0.05, 0) is 25.5 Å². The molecule has 0 radical (unpaired) electrons. The van der Waals surface area contributed by atoms with Gasteiger partial charge in [-0.3, -0.25) is 9.78 Å². The van der Waals surface area contributed by atoms with E-state index in [0.717, 1.165) is 0 Å². The van der Waals surface area contributed by atoms with Crippen LogP contribution in [0, 0.1) is 0 Å². The van der Waals surface area contributed by atoms with Gasteiger partial charge in [0.05, 0.1) is 5.60 Å². The minimum absolute atomic E-state index is 0.0596. The maximum atomic E-state index is 12.1. The Morgan fingerprint density at radius 3 is 2.79 bits per heavy atom. The molecule has 0 saturated carbocycles. The Kier molecular flexibility index (Phi) is 3.39. The Balaban J connectivity index is 2.13. The van der Waals surface area contributed by atoms with E-state index in [1.807, 2.05) is 0 Å². The predicted octanol–water partition coefficient (Wildman–Crippen LogP) is -0.227. The molecule has 102 valence electrons. The van der Waals surface area contributed by atoms with Crippen LogP contribution in [0.25, 0.3) is 0 Å². The molecule has 2 rings (SSSR count). The van der Waals surface area contributed by atoms with Crippen LogP contribution in [0.5, 0.6) is 0 Å². The van der Waals surface area contributed by atoms with E-state index in [1.54, 1.807) is 17.9 Å². The molecule has 1 unspecified atom stereocenters. The number of nitrogens with zero attached hydrogens (tertiary/aromatic N) is 3. The van der Waals surface area contributed by atoms with Crippen LogP contribution in [0.2, 0.25) is 0 Å². The summed E-state index contributed by atoms with van der Waals surface area (Å²) in [6, 6.07) is 3.08. The van der Waals surface area contributed by atoms with Gasteiger partial charge in [0.1, 0.15) is 5.69 Å². The SMILES string of the molecule is CC1(O)CCN(C(=O)c2ccc(/C(N)=N/O)cn2)C1. The first-order chi connectivity index (χ1) is 8.93. The van der Waals surface area contributed by atoms with Crippen molar-refractivity contribution in [3.63, 3.8) is 0 Å². The number of pyridine rings is 1. The highest BCUT2D eigenvalue weighted by Gasteiger charge is 2.34. The largest absolute Gasteiger partial charge is 0.409 e. The number of β-amino-alcohol motifs (C(OH)–C–C–N with tert-alkyl or cyclic N) is 1. The number of rotatable bonds is 2. The zero-order chi connectivity index (χ0) is 14.0. The van der Waals surface area contributed by atoms with Crippen molar-refractivity contribution in [1.82, 2.24) is 9.88 Å². The van der Waals surface area contributed by atoms with Gasteiger partial charge in [0, 0.05) is 24.8 Å². The van der Waals surface area contributed by atoms with E-state index in [9.17, 15) is 9.90 Å². The number of hydrogen-bond donors (Lipinski definition) is 3. The predicted molar refractivity (Wildman–Crippen MR) is 67.9 cm³/mol. The number of likely N-dealkylation sites (tertiary alicyclic amines) is 1. The van der Waals surface area contributed by atoms with Crippen molar-refractivity contribution in [3.05, 3.63) is 29.6 Å². The maximum absolute atomic E-state index is 12.1. The summed E-state index contributed by atoms with van der Waals surface area (Å²) in [4.78, 5) is 17.7. The molecular formula is C12H16N4O3. The number of aliphatic hydroxyl groups is 1. The summed E-state index contributed by atoms with van der Waals surface area (Å²) in [6.07, 6.45) is 1.93. The molecule has 1 aliphatic heterocycles. The molecule has 4 N–H and O–H groups in total. The third kappa shape index (κ3) is 2.82. The van der Waals surface area contributed by atoms with Gasteiger partial charge >= 0.3 is 0 Å². The lowest BCUT2D eigenvalue weighted by Gasteiger charge is -2.18. The Morgan fingerprint density at radius 2 is 2.32 bits per heavy atom. The Hall–Kier alpha value is -2.15. The summed E-state index contributed by atoms with van der Waals surface area (Å²) < 4.78 is 0. The van der Waals surface area contributed by atoms with Crippen LogP contribution >= 0.6 is 0 Å². The second-order valence-corrected chi connectivity index (χ2v) is 4.89. The Bertz CT molecular complexity index is 510. The highest BCUT2D eigenvalue weighted by molar-refractivity contribution is 5.98. The summed E-state index contributed by atoms with van der Waals surface area (Å²) in [5.74, 6) is -0.292. The second-order valence-electron chi connectivity index (χ2n) is 4.89. The average molecular weight is 264 g/mol. The van der Waals surface area contributed by atoms with E-state index in [1.165, 1.54) is 12.3 Å². The standard InChI is InChI=1S/C12H16N4O3/c1-12(18)4-5-16(7-12)11(17)9-3-2-8(6-14-9)10(13)15-19/h2-3,6,18-19H,4-5,7H2,1H3,(H2,13,15). The quantitative estimate of drug-likeness (QED) is 0.296. The zero-order valence-corrected chi connectivity index (χ0v) is 10.6. The van der Waals surface area contributed by atoms with Crippen molar-refractivity contribution < 1.29 is 15.1 Å². The van der Waals surface area contributed by atoms with Gasteiger partial charge in [0.25, 0.3) is 5.91 Å². The molecule has 1 aromatic heterocycles. The fourth-order valence-electron chi connectivity index (χ4n) is 2.01. The van der Waals surface area contributed by atoms with Gasteiger partial charge in [-0.15, -0.1) is 0 Å². The molecule has 1 atom stereocenters. The van der Waals surface area contributed by atoms with E-state index in [2.05, 4.69) is 10.1 Å². The lowest BCUT2D eigenvalue weighted by atomic mass is 10.1. The number of carbonyl (C=O) groups excluding carboxylic acids is 1. The monoisotopic (exact) mass is 264 g/mol. The van der Waals surface area contributed by atoms with Gasteiger partial charge in [0.15, 0.2) is 5.84 Å². The second kappa shape index (κ2) is 4.85. The van der Waals surface area contributed by atoms with Crippen molar-refractivity contribution in [2.75, 3.05) is 13.1 Å². The minimum atomic E-state index is -0.830. The van der Waals surface area contributed by atoms with E-state index >= 15 is 0 Å². The molecule has 0 aliphatic carbocycles. The fraction of sp³-hybridized carbons (Fsp3) is 0.417. The summed E-state index contributed by atoms with van der Waals surface area (Å²) >= 11 is 0. The van der Waals surface area contributed by atoms with E-state index in [4.69, 9.17) is 10.9 Å². The van der Waals surface area contributed by atoms with Crippen molar-refractivity contribution in [3.8, 4) is 0 Å². The molecule has 0 bridgehead atoms.